The van der Waals surface area contributed by atoms with Crippen LogP contribution in [0.1, 0.15) is 36.9 Å². The van der Waals surface area contributed by atoms with Gasteiger partial charge in [-0.15, -0.1) is 0 Å². The molecular formula is C20H29N3O3. The molecule has 2 aromatic heterocycles. The van der Waals surface area contributed by atoms with Crippen LogP contribution in [0.25, 0.3) is 5.65 Å². The van der Waals surface area contributed by atoms with Crippen molar-refractivity contribution >= 4 is 5.65 Å². The van der Waals surface area contributed by atoms with Crippen LogP contribution in [0.5, 0.6) is 0 Å². The van der Waals surface area contributed by atoms with E-state index in [9.17, 15) is 0 Å². The highest BCUT2D eigenvalue weighted by molar-refractivity contribution is 5.41. The first-order chi connectivity index (χ1) is 12.6. The number of pyridine rings is 1. The first-order valence-electron chi connectivity index (χ1n) is 9.59. The van der Waals surface area contributed by atoms with Crippen molar-refractivity contribution in [2.45, 2.75) is 56.9 Å². The summed E-state index contributed by atoms with van der Waals surface area (Å²) in [5.41, 5.74) is 3.27. The molecule has 3 atom stereocenters. The third-order valence-corrected chi connectivity index (χ3v) is 6.11. The maximum absolute atomic E-state index is 9.05. The summed E-state index contributed by atoms with van der Waals surface area (Å²) < 4.78 is 14.0. The summed E-state index contributed by atoms with van der Waals surface area (Å²) in [5.74, 6) is 0. The highest BCUT2D eigenvalue weighted by atomic mass is 16.5. The molecule has 1 saturated carbocycles. The van der Waals surface area contributed by atoms with Crippen molar-refractivity contribution in [3.63, 3.8) is 0 Å². The number of aromatic nitrogens is 2. The molecule has 6 nitrogen and oxygen atoms in total. The summed E-state index contributed by atoms with van der Waals surface area (Å²) in [5, 5.41) is 9.05. The van der Waals surface area contributed by atoms with E-state index in [2.05, 4.69) is 40.8 Å². The number of hydrogen-bond donors (Lipinski definition) is 1. The second-order valence-corrected chi connectivity index (χ2v) is 7.70. The van der Waals surface area contributed by atoms with Gasteiger partial charge in [0.15, 0.2) is 0 Å². The third-order valence-electron chi connectivity index (χ3n) is 6.11. The van der Waals surface area contributed by atoms with Gasteiger partial charge >= 0.3 is 0 Å². The zero-order chi connectivity index (χ0) is 18.1. The van der Waals surface area contributed by atoms with Gasteiger partial charge < -0.3 is 19.0 Å². The van der Waals surface area contributed by atoms with Crippen molar-refractivity contribution < 1.29 is 14.6 Å². The SMILES string of the molecule is CO[C@@]12CC[C@H](OCCO)C[C@@H]1N(Cc1cn3cc(C)ccc3n1)CC2. The number of aliphatic hydroxyl groups is 1. The van der Waals surface area contributed by atoms with Gasteiger partial charge in [0, 0.05) is 38.6 Å². The minimum absolute atomic E-state index is 0.0607. The largest absolute Gasteiger partial charge is 0.394 e. The summed E-state index contributed by atoms with van der Waals surface area (Å²) in [4.78, 5) is 7.29. The Balaban J connectivity index is 1.51. The maximum Gasteiger partial charge on any atom is 0.137 e. The Morgan fingerprint density at radius 1 is 1.31 bits per heavy atom. The number of methoxy groups -OCH3 is 1. The van der Waals surface area contributed by atoms with Crippen LogP contribution in [-0.2, 0) is 16.0 Å². The molecule has 2 fully saturated rings. The Morgan fingerprint density at radius 3 is 3.00 bits per heavy atom. The highest BCUT2D eigenvalue weighted by Gasteiger charge is 2.51. The number of rotatable bonds is 6. The number of imidazole rings is 1. The molecule has 0 amide bonds. The van der Waals surface area contributed by atoms with Gasteiger partial charge in [-0.25, -0.2) is 4.98 Å². The van der Waals surface area contributed by atoms with Crippen LogP contribution in [0.2, 0.25) is 0 Å². The lowest BCUT2D eigenvalue weighted by Crippen LogP contribution is -2.51. The lowest BCUT2D eigenvalue weighted by molar-refractivity contribution is -0.104. The van der Waals surface area contributed by atoms with E-state index in [1.807, 2.05) is 7.11 Å². The molecule has 3 heterocycles. The Morgan fingerprint density at radius 2 is 2.19 bits per heavy atom. The van der Waals surface area contributed by atoms with Gasteiger partial charge in [0.25, 0.3) is 0 Å². The molecule has 0 aromatic carbocycles. The molecule has 0 unspecified atom stereocenters. The molecule has 1 aliphatic carbocycles. The van der Waals surface area contributed by atoms with E-state index in [4.69, 9.17) is 19.6 Å². The smallest absolute Gasteiger partial charge is 0.137 e. The maximum atomic E-state index is 9.05. The fourth-order valence-corrected chi connectivity index (χ4v) is 4.76. The molecule has 142 valence electrons. The highest BCUT2D eigenvalue weighted by Crippen LogP contribution is 2.43. The fraction of sp³-hybridized carbons (Fsp3) is 0.650. The molecule has 4 rings (SSSR count). The average molecular weight is 359 g/mol. The number of aryl methyl sites for hydroxylation is 1. The van der Waals surface area contributed by atoms with Crippen molar-refractivity contribution in [3.8, 4) is 0 Å². The van der Waals surface area contributed by atoms with Crippen LogP contribution in [0.15, 0.2) is 24.5 Å². The molecular weight excluding hydrogens is 330 g/mol. The summed E-state index contributed by atoms with van der Waals surface area (Å²) in [6, 6.07) is 4.51. The van der Waals surface area contributed by atoms with E-state index in [0.29, 0.717) is 12.6 Å². The number of ether oxygens (including phenoxy) is 2. The van der Waals surface area contributed by atoms with Crippen LogP contribution in [0, 0.1) is 6.92 Å². The van der Waals surface area contributed by atoms with Gasteiger partial charge in [0.2, 0.25) is 0 Å². The third kappa shape index (κ3) is 3.27. The second-order valence-electron chi connectivity index (χ2n) is 7.70. The molecule has 0 spiro atoms. The van der Waals surface area contributed by atoms with Gasteiger partial charge in [-0.2, -0.15) is 0 Å². The van der Waals surface area contributed by atoms with E-state index < -0.39 is 0 Å². The van der Waals surface area contributed by atoms with E-state index in [-0.39, 0.29) is 18.3 Å². The van der Waals surface area contributed by atoms with Crippen molar-refractivity contribution in [3.05, 3.63) is 35.8 Å². The summed E-state index contributed by atoms with van der Waals surface area (Å²) in [6.45, 7) is 4.46. The Bertz CT molecular complexity index is 762. The second kappa shape index (κ2) is 7.27. The van der Waals surface area contributed by atoms with Crippen molar-refractivity contribution in [1.29, 1.82) is 0 Å². The summed E-state index contributed by atoms with van der Waals surface area (Å²) >= 11 is 0. The summed E-state index contributed by atoms with van der Waals surface area (Å²) in [6.07, 6.45) is 8.51. The molecule has 6 heteroatoms. The molecule has 0 bridgehead atoms. The molecule has 1 N–H and O–H groups in total. The van der Waals surface area contributed by atoms with Crippen LogP contribution >= 0.6 is 0 Å². The molecule has 1 aliphatic heterocycles. The van der Waals surface area contributed by atoms with E-state index in [1.165, 1.54) is 5.56 Å². The molecule has 2 aliphatic rings. The van der Waals surface area contributed by atoms with Gasteiger partial charge in [-0.3, -0.25) is 4.90 Å². The van der Waals surface area contributed by atoms with Crippen LogP contribution < -0.4 is 0 Å². The number of likely N-dealkylation sites (tertiary alicyclic amines) is 1. The Hall–Kier alpha value is -1.47. The summed E-state index contributed by atoms with van der Waals surface area (Å²) in [7, 11) is 1.85. The number of aliphatic hydroxyl groups excluding tert-OH is 1. The van der Waals surface area contributed by atoms with Gasteiger partial charge in [0.1, 0.15) is 5.65 Å². The Labute approximate surface area is 154 Å². The standard InChI is InChI=1S/C20H29N3O3/c1-15-3-4-19-21-16(14-23(19)12-15)13-22-8-7-20(25-2)6-5-17(11-18(20)22)26-10-9-24/h3-4,12,14,17-18,24H,5-11,13H2,1-2H3/t17-,18-,20+/m0/s1. The van der Waals surface area contributed by atoms with Crippen molar-refractivity contribution in [1.82, 2.24) is 14.3 Å². The van der Waals surface area contributed by atoms with Crippen LogP contribution in [-0.4, -0.2) is 64.0 Å². The van der Waals surface area contributed by atoms with Crippen molar-refractivity contribution in [2.24, 2.45) is 0 Å². The molecule has 26 heavy (non-hydrogen) atoms. The first kappa shape index (κ1) is 17.9. The average Bonchev–Trinajstić information content (AvgIpc) is 3.21. The van der Waals surface area contributed by atoms with Gasteiger partial charge in [0.05, 0.1) is 30.6 Å². The van der Waals surface area contributed by atoms with Gasteiger partial charge in [-0.1, -0.05) is 6.07 Å². The normalized spacial score (nSPS) is 29.3. The first-order valence-corrected chi connectivity index (χ1v) is 9.59. The van der Waals surface area contributed by atoms with E-state index in [1.54, 1.807) is 0 Å². The molecule has 0 radical (unpaired) electrons. The molecule has 2 aromatic rings. The lowest BCUT2D eigenvalue weighted by atomic mass is 9.79. The van der Waals surface area contributed by atoms with Crippen molar-refractivity contribution in [2.75, 3.05) is 26.9 Å². The topological polar surface area (TPSA) is 59.2 Å². The lowest BCUT2D eigenvalue weighted by Gasteiger charge is -2.43. The monoisotopic (exact) mass is 359 g/mol. The number of nitrogens with zero attached hydrogens (tertiary/aromatic N) is 3. The predicted molar refractivity (Wildman–Crippen MR) is 99.2 cm³/mol. The van der Waals surface area contributed by atoms with E-state index in [0.717, 1.165) is 50.1 Å². The van der Waals surface area contributed by atoms with E-state index >= 15 is 0 Å². The Kier molecular flexibility index (Phi) is 5.01. The van der Waals surface area contributed by atoms with Crippen LogP contribution in [0.4, 0.5) is 0 Å². The zero-order valence-corrected chi connectivity index (χ0v) is 15.7. The number of fused-ring (bicyclic) bond motifs is 2. The minimum Gasteiger partial charge on any atom is -0.394 e. The van der Waals surface area contributed by atoms with Crippen LogP contribution in [0.3, 0.4) is 0 Å². The predicted octanol–water partition coefficient (Wildman–Crippen LogP) is 2.16. The fourth-order valence-electron chi connectivity index (χ4n) is 4.76. The quantitative estimate of drug-likeness (QED) is 0.857. The zero-order valence-electron chi connectivity index (χ0n) is 15.7. The van der Waals surface area contributed by atoms with Gasteiger partial charge in [-0.05, 0) is 44.2 Å². The molecule has 1 saturated heterocycles. The number of hydrogen-bond acceptors (Lipinski definition) is 5. The minimum atomic E-state index is -0.0607.